The Labute approximate surface area is 172 Å². The number of hydrogen-bond acceptors (Lipinski definition) is 6. The van der Waals surface area contributed by atoms with E-state index in [9.17, 15) is 4.79 Å². The number of carbonyl (C=O) groups is 1. The van der Waals surface area contributed by atoms with E-state index in [1.807, 2.05) is 13.0 Å². The molecule has 6 nitrogen and oxygen atoms in total. The summed E-state index contributed by atoms with van der Waals surface area (Å²) in [5, 5.41) is 3.83. The van der Waals surface area contributed by atoms with Crippen LogP contribution in [0.1, 0.15) is 17.3 Å². The number of rotatable bonds is 5. The van der Waals surface area contributed by atoms with Crippen LogP contribution in [0, 0.1) is 0 Å². The molecule has 3 aromatic rings. The number of ether oxygens (including phenoxy) is 2. The molecule has 1 amide bonds. The van der Waals surface area contributed by atoms with E-state index in [2.05, 4.69) is 27.3 Å². The number of benzene rings is 2. The Hall–Kier alpha value is -2.35. The molecule has 1 fully saturated rings. The summed E-state index contributed by atoms with van der Waals surface area (Å²) in [4.78, 5) is 19.4. The minimum absolute atomic E-state index is 0.252. The molecule has 1 aliphatic heterocycles. The van der Waals surface area contributed by atoms with Gasteiger partial charge in [0, 0.05) is 24.3 Å². The lowest BCUT2D eigenvalue weighted by Crippen LogP contribution is -2.36. The summed E-state index contributed by atoms with van der Waals surface area (Å²) in [6.07, 6.45) is 0. The molecule has 8 heteroatoms. The Kier molecular flexibility index (Phi) is 5.66. The molecule has 0 radical (unpaired) electrons. The van der Waals surface area contributed by atoms with Gasteiger partial charge in [-0.25, -0.2) is 4.98 Å². The lowest BCUT2D eigenvalue weighted by atomic mass is 10.2. The zero-order valence-electron chi connectivity index (χ0n) is 15.4. The molecule has 2 heterocycles. The molecule has 0 bridgehead atoms. The smallest absolute Gasteiger partial charge is 0.257 e. The van der Waals surface area contributed by atoms with Crippen LogP contribution in [0.3, 0.4) is 0 Å². The molecule has 146 valence electrons. The molecule has 0 atom stereocenters. The lowest BCUT2D eigenvalue weighted by molar-refractivity contribution is 0.102. The number of aromatic nitrogens is 1. The molecule has 1 N–H and O–H groups in total. The maximum Gasteiger partial charge on any atom is 0.257 e. The van der Waals surface area contributed by atoms with Crippen molar-refractivity contribution in [2.45, 2.75) is 6.92 Å². The van der Waals surface area contributed by atoms with Crippen LogP contribution in [0.15, 0.2) is 36.4 Å². The highest BCUT2D eigenvalue weighted by atomic mass is 35.5. The van der Waals surface area contributed by atoms with Gasteiger partial charge in [-0.1, -0.05) is 22.9 Å². The topological polar surface area (TPSA) is 63.7 Å². The van der Waals surface area contributed by atoms with Crippen molar-refractivity contribution in [3.63, 3.8) is 0 Å². The highest BCUT2D eigenvalue weighted by Crippen LogP contribution is 2.31. The number of halogens is 1. The van der Waals surface area contributed by atoms with Crippen LogP contribution in [0.4, 0.5) is 10.8 Å². The average Bonchev–Trinajstić information content (AvgIpc) is 3.11. The number of hydrogen-bond donors (Lipinski definition) is 1. The standard InChI is InChI=1S/C20H20ClN3O3S/c1-2-27-17-6-3-13(11-15(17)21)19(25)23-20-22-16-5-4-14(12-18(16)28-20)24-7-9-26-10-8-24/h3-6,11-12H,2,7-10H2,1H3,(H,22,23,25). The molecular weight excluding hydrogens is 398 g/mol. The Balaban J connectivity index is 1.51. The lowest BCUT2D eigenvalue weighted by Gasteiger charge is -2.28. The normalized spacial score (nSPS) is 14.3. The first kappa shape index (κ1) is 19.0. The van der Waals surface area contributed by atoms with E-state index in [0.717, 1.165) is 42.2 Å². The van der Waals surface area contributed by atoms with E-state index >= 15 is 0 Å². The third-order valence-corrected chi connectivity index (χ3v) is 5.69. The summed E-state index contributed by atoms with van der Waals surface area (Å²) in [5.41, 5.74) is 2.47. The average molecular weight is 418 g/mol. The Morgan fingerprint density at radius 1 is 1.29 bits per heavy atom. The second-order valence-corrected chi connectivity index (χ2v) is 7.74. The van der Waals surface area contributed by atoms with Gasteiger partial charge in [-0.05, 0) is 43.3 Å². The number of anilines is 2. The van der Waals surface area contributed by atoms with Crippen molar-refractivity contribution >= 4 is 49.9 Å². The van der Waals surface area contributed by atoms with Gasteiger partial charge >= 0.3 is 0 Å². The monoisotopic (exact) mass is 417 g/mol. The van der Waals surface area contributed by atoms with Crippen LogP contribution in [0.5, 0.6) is 5.75 Å². The maximum absolute atomic E-state index is 12.6. The van der Waals surface area contributed by atoms with Gasteiger partial charge in [-0.3, -0.25) is 10.1 Å². The predicted octanol–water partition coefficient (Wildman–Crippen LogP) is 4.44. The second-order valence-electron chi connectivity index (χ2n) is 6.30. The maximum atomic E-state index is 12.6. The zero-order valence-corrected chi connectivity index (χ0v) is 17.0. The first-order valence-electron chi connectivity index (χ1n) is 9.11. The minimum atomic E-state index is -0.252. The van der Waals surface area contributed by atoms with E-state index in [1.54, 1.807) is 18.2 Å². The second kappa shape index (κ2) is 8.34. The van der Waals surface area contributed by atoms with Gasteiger partial charge in [0.25, 0.3) is 5.91 Å². The largest absolute Gasteiger partial charge is 0.492 e. The molecule has 1 aliphatic rings. The molecule has 0 spiro atoms. The van der Waals surface area contributed by atoms with Crippen molar-refractivity contribution in [1.82, 2.24) is 4.98 Å². The van der Waals surface area contributed by atoms with E-state index < -0.39 is 0 Å². The highest BCUT2D eigenvalue weighted by molar-refractivity contribution is 7.22. The molecule has 0 unspecified atom stereocenters. The van der Waals surface area contributed by atoms with E-state index in [1.165, 1.54) is 11.3 Å². The summed E-state index contributed by atoms with van der Waals surface area (Å²) in [6, 6.07) is 11.2. The number of thiazole rings is 1. The number of amides is 1. The van der Waals surface area contributed by atoms with E-state index in [4.69, 9.17) is 21.1 Å². The Bertz CT molecular complexity index is 1000. The van der Waals surface area contributed by atoms with Crippen molar-refractivity contribution in [2.75, 3.05) is 43.1 Å². The Morgan fingerprint density at radius 2 is 2.11 bits per heavy atom. The number of morpholine rings is 1. The number of nitrogens with zero attached hydrogens (tertiary/aromatic N) is 2. The number of fused-ring (bicyclic) bond motifs is 1. The number of nitrogens with one attached hydrogen (secondary N) is 1. The van der Waals surface area contributed by atoms with Crippen molar-refractivity contribution in [1.29, 1.82) is 0 Å². The molecule has 1 aromatic heterocycles. The van der Waals surface area contributed by atoms with E-state index in [0.29, 0.717) is 28.1 Å². The van der Waals surface area contributed by atoms with Gasteiger partial charge in [0.1, 0.15) is 5.75 Å². The van der Waals surface area contributed by atoms with Crippen molar-refractivity contribution in [3.8, 4) is 5.75 Å². The van der Waals surface area contributed by atoms with Gasteiger partial charge in [0.2, 0.25) is 0 Å². The fourth-order valence-electron chi connectivity index (χ4n) is 3.07. The Morgan fingerprint density at radius 3 is 2.86 bits per heavy atom. The number of carbonyl (C=O) groups excluding carboxylic acids is 1. The first-order valence-corrected chi connectivity index (χ1v) is 10.3. The fraction of sp³-hybridized carbons (Fsp3) is 0.300. The van der Waals surface area contributed by atoms with Gasteiger partial charge in [0.05, 0.1) is 35.1 Å². The summed E-state index contributed by atoms with van der Waals surface area (Å²) >= 11 is 7.63. The van der Waals surface area contributed by atoms with Crippen LogP contribution >= 0.6 is 22.9 Å². The third-order valence-electron chi connectivity index (χ3n) is 4.46. The summed E-state index contributed by atoms with van der Waals surface area (Å²) in [5.74, 6) is 0.314. The first-order chi connectivity index (χ1) is 13.6. The van der Waals surface area contributed by atoms with Crippen molar-refractivity contribution in [3.05, 3.63) is 47.0 Å². The van der Waals surface area contributed by atoms with Crippen LogP contribution < -0.4 is 15.0 Å². The zero-order chi connectivity index (χ0) is 19.5. The van der Waals surface area contributed by atoms with Crippen LogP contribution in [0.2, 0.25) is 5.02 Å². The van der Waals surface area contributed by atoms with Crippen LogP contribution in [0.25, 0.3) is 10.2 Å². The molecule has 4 rings (SSSR count). The van der Waals surface area contributed by atoms with Crippen molar-refractivity contribution in [2.24, 2.45) is 0 Å². The van der Waals surface area contributed by atoms with Gasteiger partial charge < -0.3 is 14.4 Å². The van der Waals surface area contributed by atoms with Gasteiger partial charge in [-0.15, -0.1) is 0 Å². The summed E-state index contributed by atoms with van der Waals surface area (Å²) in [7, 11) is 0. The van der Waals surface area contributed by atoms with Crippen molar-refractivity contribution < 1.29 is 14.3 Å². The molecular formula is C20H20ClN3O3S. The summed E-state index contributed by atoms with van der Waals surface area (Å²) in [6.45, 7) is 5.65. The SMILES string of the molecule is CCOc1ccc(C(=O)Nc2nc3ccc(N4CCOCC4)cc3s2)cc1Cl. The third kappa shape index (κ3) is 4.06. The molecule has 0 aliphatic carbocycles. The van der Waals surface area contributed by atoms with E-state index in [-0.39, 0.29) is 5.91 Å². The minimum Gasteiger partial charge on any atom is -0.492 e. The molecule has 2 aromatic carbocycles. The quantitative estimate of drug-likeness (QED) is 0.665. The van der Waals surface area contributed by atoms with Gasteiger partial charge in [-0.2, -0.15) is 0 Å². The highest BCUT2D eigenvalue weighted by Gasteiger charge is 2.15. The van der Waals surface area contributed by atoms with Crippen LogP contribution in [-0.4, -0.2) is 43.8 Å². The fourth-order valence-corrected chi connectivity index (χ4v) is 4.20. The molecule has 28 heavy (non-hydrogen) atoms. The van der Waals surface area contributed by atoms with Crippen LogP contribution in [-0.2, 0) is 4.74 Å². The summed E-state index contributed by atoms with van der Waals surface area (Å²) < 4.78 is 11.8. The molecule has 1 saturated heterocycles. The van der Waals surface area contributed by atoms with Gasteiger partial charge in [0.15, 0.2) is 5.13 Å². The predicted molar refractivity (Wildman–Crippen MR) is 113 cm³/mol. The molecule has 0 saturated carbocycles.